The number of furan rings is 1. The van der Waals surface area contributed by atoms with Crippen molar-refractivity contribution in [2.24, 2.45) is 0 Å². The SMILES string of the molecule is c1ccc(-c2c(-c3cccc(-c4ccc(-c5ccc(N(c6ccc(-c7ccc8ccccc8c7)cc6)c6ccc(-c7cc8ccccc8c8ccccc78)cc6)cc5)cc4)c3)oc3ccccc23)cc1. The quantitative estimate of drug-likeness (QED) is 0.134. The van der Waals surface area contributed by atoms with Crippen molar-refractivity contribution >= 4 is 60.3 Å². The molecular formula is C68H45NO. The lowest BCUT2D eigenvalue weighted by Gasteiger charge is -2.26. The van der Waals surface area contributed by atoms with Crippen LogP contribution in [0.4, 0.5) is 17.1 Å². The molecule has 0 N–H and O–H groups in total. The van der Waals surface area contributed by atoms with Gasteiger partial charge in [-0.05, 0) is 143 Å². The Kier molecular flexibility index (Phi) is 10.2. The second kappa shape index (κ2) is 17.4. The zero-order valence-electron chi connectivity index (χ0n) is 38.3. The van der Waals surface area contributed by atoms with E-state index in [1.54, 1.807) is 0 Å². The molecule has 0 aliphatic carbocycles. The minimum atomic E-state index is 0.885. The van der Waals surface area contributed by atoms with Crippen LogP contribution in [-0.4, -0.2) is 0 Å². The van der Waals surface area contributed by atoms with Gasteiger partial charge < -0.3 is 9.32 Å². The van der Waals surface area contributed by atoms with Crippen LogP contribution in [-0.2, 0) is 0 Å². The zero-order valence-corrected chi connectivity index (χ0v) is 38.3. The first kappa shape index (κ1) is 41.0. The van der Waals surface area contributed by atoms with E-state index in [1.807, 2.05) is 12.1 Å². The Hall–Kier alpha value is -9.24. The molecule has 0 amide bonds. The van der Waals surface area contributed by atoms with Gasteiger partial charge in [-0.25, -0.2) is 0 Å². The number of rotatable bonds is 9. The third-order valence-corrected chi connectivity index (χ3v) is 13.9. The van der Waals surface area contributed by atoms with E-state index in [-0.39, 0.29) is 0 Å². The van der Waals surface area contributed by atoms with Crippen molar-refractivity contribution in [3.8, 4) is 67.0 Å². The Labute approximate surface area is 407 Å². The first-order valence-corrected chi connectivity index (χ1v) is 24.0. The topological polar surface area (TPSA) is 16.4 Å². The average molecular weight is 892 g/mol. The number of para-hydroxylation sites is 1. The summed E-state index contributed by atoms with van der Waals surface area (Å²) in [5, 5.41) is 8.65. The fraction of sp³-hybridized carbons (Fsp3) is 0. The van der Waals surface area contributed by atoms with E-state index in [2.05, 4.69) is 266 Å². The monoisotopic (exact) mass is 891 g/mol. The molecule has 2 nitrogen and oxygen atoms in total. The largest absolute Gasteiger partial charge is 0.455 e. The molecule has 328 valence electrons. The predicted molar refractivity (Wildman–Crippen MR) is 296 cm³/mol. The van der Waals surface area contributed by atoms with Gasteiger partial charge in [0.05, 0.1) is 0 Å². The molecule has 0 unspecified atom stereocenters. The zero-order chi connectivity index (χ0) is 46.4. The maximum absolute atomic E-state index is 6.57. The second-order valence-electron chi connectivity index (χ2n) is 18.1. The van der Waals surface area contributed by atoms with Gasteiger partial charge in [-0.15, -0.1) is 0 Å². The van der Waals surface area contributed by atoms with Crippen molar-refractivity contribution in [3.05, 3.63) is 273 Å². The molecule has 0 aliphatic heterocycles. The molecule has 2 heteroatoms. The van der Waals surface area contributed by atoms with E-state index >= 15 is 0 Å². The van der Waals surface area contributed by atoms with Gasteiger partial charge in [0.15, 0.2) is 0 Å². The van der Waals surface area contributed by atoms with Crippen LogP contribution in [0.1, 0.15) is 0 Å². The van der Waals surface area contributed by atoms with E-state index in [9.17, 15) is 0 Å². The summed E-state index contributed by atoms with van der Waals surface area (Å²) in [5.74, 6) is 0.885. The highest BCUT2D eigenvalue weighted by Gasteiger charge is 2.19. The standard InChI is InChI=1S/C68H45NO/c1-2-14-52(15-3-1)67-64-23-10-11-24-66(64)70-68(67)57-19-12-18-54(44-57)49-27-25-47(26-28-49)48-31-37-58(38-32-48)69(59-39-33-50(34-40-59)55-30-29-46-13-4-5-16-53(46)43-55)60-41-35-51(36-42-60)65-45-56-17-6-7-20-61(56)62-21-8-9-22-63(62)65/h1-45H. The van der Waals surface area contributed by atoms with E-state index in [0.717, 1.165) is 72.7 Å². The molecule has 0 bridgehead atoms. The molecule has 1 heterocycles. The maximum atomic E-state index is 6.57. The molecule has 0 radical (unpaired) electrons. The summed E-state index contributed by atoms with van der Waals surface area (Å²) in [6, 6.07) is 98.5. The number of benzene rings is 12. The van der Waals surface area contributed by atoms with Crippen molar-refractivity contribution in [2.75, 3.05) is 4.90 Å². The highest BCUT2D eigenvalue weighted by Crippen LogP contribution is 2.43. The van der Waals surface area contributed by atoms with Crippen molar-refractivity contribution in [2.45, 2.75) is 0 Å². The van der Waals surface area contributed by atoms with E-state index in [0.29, 0.717) is 0 Å². The minimum Gasteiger partial charge on any atom is -0.455 e. The normalized spacial score (nSPS) is 11.4. The fourth-order valence-corrected chi connectivity index (χ4v) is 10.3. The van der Waals surface area contributed by atoms with Gasteiger partial charge >= 0.3 is 0 Å². The number of nitrogens with zero attached hydrogens (tertiary/aromatic N) is 1. The fourth-order valence-electron chi connectivity index (χ4n) is 10.3. The molecule has 13 rings (SSSR count). The Morgan fingerprint density at radius 1 is 0.243 bits per heavy atom. The van der Waals surface area contributed by atoms with Crippen LogP contribution in [0, 0.1) is 0 Å². The van der Waals surface area contributed by atoms with Crippen LogP contribution in [0.25, 0.3) is 110 Å². The molecule has 1 aromatic heterocycles. The minimum absolute atomic E-state index is 0.885. The van der Waals surface area contributed by atoms with Crippen LogP contribution in [0.5, 0.6) is 0 Å². The van der Waals surface area contributed by atoms with E-state index in [4.69, 9.17) is 4.42 Å². The summed E-state index contributed by atoms with van der Waals surface area (Å²) in [6.45, 7) is 0. The predicted octanol–water partition coefficient (Wildman–Crippen LogP) is 19.4. The van der Waals surface area contributed by atoms with E-state index < -0.39 is 0 Å². The van der Waals surface area contributed by atoms with Crippen LogP contribution in [0.3, 0.4) is 0 Å². The highest BCUT2D eigenvalue weighted by atomic mass is 16.3. The van der Waals surface area contributed by atoms with Crippen LogP contribution < -0.4 is 4.90 Å². The third kappa shape index (κ3) is 7.49. The number of hydrogen-bond acceptors (Lipinski definition) is 2. The van der Waals surface area contributed by atoms with Crippen LogP contribution in [0.15, 0.2) is 277 Å². The van der Waals surface area contributed by atoms with Gasteiger partial charge in [0.2, 0.25) is 0 Å². The number of anilines is 3. The van der Waals surface area contributed by atoms with Crippen LogP contribution in [0.2, 0.25) is 0 Å². The summed E-state index contributed by atoms with van der Waals surface area (Å²) in [5.41, 5.74) is 16.9. The van der Waals surface area contributed by atoms with Crippen molar-refractivity contribution in [1.82, 2.24) is 0 Å². The molecule has 12 aromatic carbocycles. The van der Waals surface area contributed by atoms with Crippen LogP contribution >= 0.6 is 0 Å². The summed E-state index contributed by atoms with van der Waals surface area (Å²) in [6.07, 6.45) is 0. The molecule has 0 aliphatic rings. The maximum Gasteiger partial charge on any atom is 0.143 e. The average Bonchev–Trinajstić information content (AvgIpc) is 3.84. The smallest absolute Gasteiger partial charge is 0.143 e. The lowest BCUT2D eigenvalue weighted by Crippen LogP contribution is -2.09. The molecule has 0 fully saturated rings. The lowest BCUT2D eigenvalue weighted by atomic mass is 9.93. The molecule has 70 heavy (non-hydrogen) atoms. The van der Waals surface area contributed by atoms with Gasteiger partial charge in [-0.3, -0.25) is 0 Å². The Morgan fingerprint density at radius 3 is 1.37 bits per heavy atom. The molecule has 13 aromatic rings. The summed E-state index contributed by atoms with van der Waals surface area (Å²) in [7, 11) is 0. The van der Waals surface area contributed by atoms with Gasteiger partial charge in [0.25, 0.3) is 0 Å². The molecule has 0 saturated carbocycles. The number of hydrogen-bond donors (Lipinski definition) is 0. The highest BCUT2D eigenvalue weighted by molar-refractivity contribution is 6.14. The summed E-state index contributed by atoms with van der Waals surface area (Å²) in [4.78, 5) is 2.36. The number of fused-ring (bicyclic) bond motifs is 5. The van der Waals surface area contributed by atoms with E-state index in [1.165, 1.54) is 54.6 Å². The second-order valence-corrected chi connectivity index (χ2v) is 18.1. The summed E-state index contributed by atoms with van der Waals surface area (Å²) >= 11 is 0. The first-order valence-electron chi connectivity index (χ1n) is 24.0. The Morgan fingerprint density at radius 2 is 0.700 bits per heavy atom. The van der Waals surface area contributed by atoms with Gasteiger partial charge in [-0.2, -0.15) is 0 Å². The van der Waals surface area contributed by atoms with Crippen molar-refractivity contribution in [1.29, 1.82) is 0 Å². The molecule has 0 saturated heterocycles. The van der Waals surface area contributed by atoms with Gasteiger partial charge in [-0.1, -0.05) is 212 Å². The summed E-state index contributed by atoms with van der Waals surface area (Å²) < 4.78 is 6.57. The molecule has 0 spiro atoms. The molecular weight excluding hydrogens is 847 g/mol. The van der Waals surface area contributed by atoms with Crippen molar-refractivity contribution < 1.29 is 4.42 Å². The Balaban J connectivity index is 0.827. The molecule has 0 atom stereocenters. The Bertz CT molecular complexity index is 4020. The lowest BCUT2D eigenvalue weighted by molar-refractivity contribution is 0.632. The van der Waals surface area contributed by atoms with Gasteiger partial charge in [0.1, 0.15) is 11.3 Å². The first-order chi connectivity index (χ1) is 34.7. The van der Waals surface area contributed by atoms with Gasteiger partial charge in [0, 0.05) is 33.6 Å². The third-order valence-electron chi connectivity index (χ3n) is 13.9. The van der Waals surface area contributed by atoms with Crippen molar-refractivity contribution in [3.63, 3.8) is 0 Å².